The summed E-state index contributed by atoms with van der Waals surface area (Å²) >= 11 is 0. The lowest BCUT2D eigenvalue weighted by Crippen LogP contribution is -2.24. The number of aromatic nitrogens is 3. The number of rotatable bonds is 0. The Balaban J connectivity index is 1.82. The highest BCUT2D eigenvalue weighted by molar-refractivity contribution is 5.95. The fourth-order valence-electron chi connectivity index (χ4n) is 2.93. The second-order valence-corrected chi connectivity index (χ2v) is 5.96. The van der Waals surface area contributed by atoms with Crippen LogP contribution in [0.15, 0.2) is 42.6 Å². The zero-order valence-electron chi connectivity index (χ0n) is 13.3. The van der Waals surface area contributed by atoms with E-state index in [1.165, 1.54) is 0 Å². The summed E-state index contributed by atoms with van der Waals surface area (Å²) < 4.78 is 1.82. The number of benzene rings is 1. The summed E-state index contributed by atoms with van der Waals surface area (Å²) in [5.74, 6) is 0.800. The van der Waals surface area contributed by atoms with Crippen LogP contribution < -0.4 is 10.6 Å². The van der Waals surface area contributed by atoms with Crippen LogP contribution in [0, 0.1) is 0 Å². The number of hydrogen-bond acceptors (Lipinski definition) is 4. The molecule has 3 aromatic rings. The van der Waals surface area contributed by atoms with Gasteiger partial charge in [-0.25, -0.2) is 9.50 Å². The molecule has 1 amide bonds. The lowest BCUT2D eigenvalue weighted by atomic mass is 10.1. The number of nitrogens with one attached hydrogen (secondary N) is 2. The van der Waals surface area contributed by atoms with E-state index < -0.39 is 0 Å². The van der Waals surface area contributed by atoms with Crippen molar-refractivity contribution in [2.45, 2.75) is 19.3 Å². The van der Waals surface area contributed by atoms with Crippen LogP contribution in [0.4, 0.5) is 5.82 Å². The number of carbonyl (C=O) groups excluding carboxylic acids is 1. The molecule has 0 saturated carbocycles. The minimum absolute atomic E-state index is 0.0349. The second kappa shape index (κ2) is 6.31. The van der Waals surface area contributed by atoms with E-state index in [-0.39, 0.29) is 5.91 Å². The van der Waals surface area contributed by atoms with Crippen molar-refractivity contribution in [3.05, 3.63) is 48.2 Å². The van der Waals surface area contributed by atoms with Crippen LogP contribution in [0.1, 0.15) is 29.6 Å². The van der Waals surface area contributed by atoms with Crippen LogP contribution in [0.5, 0.6) is 0 Å². The summed E-state index contributed by atoms with van der Waals surface area (Å²) in [5.41, 5.74) is 3.24. The van der Waals surface area contributed by atoms with Crippen LogP contribution in [0.3, 0.4) is 0 Å². The van der Waals surface area contributed by atoms with Crippen molar-refractivity contribution in [3.63, 3.8) is 0 Å². The third-order valence-electron chi connectivity index (χ3n) is 4.23. The van der Waals surface area contributed by atoms with Crippen molar-refractivity contribution in [1.82, 2.24) is 19.9 Å². The Morgan fingerprint density at radius 2 is 1.79 bits per heavy atom. The molecule has 6 heteroatoms. The van der Waals surface area contributed by atoms with Gasteiger partial charge in [-0.15, -0.1) is 5.10 Å². The summed E-state index contributed by atoms with van der Waals surface area (Å²) in [7, 11) is 0. The molecule has 0 aliphatic carbocycles. The maximum absolute atomic E-state index is 12.3. The van der Waals surface area contributed by atoms with Gasteiger partial charge in [-0.1, -0.05) is 12.1 Å². The van der Waals surface area contributed by atoms with E-state index in [9.17, 15) is 4.79 Å². The van der Waals surface area contributed by atoms with Gasteiger partial charge in [-0.2, -0.15) is 0 Å². The molecule has 4 bridgehead atoms. The second-order valence-electron chi connectivity index (χ2n) is 5.96. The molecule has 4 rings (SSSR count). The highest BCUT2D eigenvalue weighted by Gasteiger charge is 2.11. The normalized spacial score (nSPS) is 15.4. The third-order valence-corrected chi connectivity index (χ3v) is 4.23. The molecule has 0 radical (unpaired) electrons. The molecule has 1 aromatic carbocycles. The number of anilines is 1. The quantitative estimate of drug-likeness (QED) is 0.668. The first-order chi connectivity index (χ1) is 11.8. The van der Waals surface area contributed by atoms with E-state index in [0.29, 0.717) is 12.1 Å². The van der Waals surface area contributed by atoms with Gasteiger partial charge < -0.3 is 10.6 Å². The van der Waals surface area contributed by atoms with Crippen molar-refractivity contribution in [2.75, 3.05) is 18.4 Å². The summed E-state index contributed by atoms with van der Waals surface area (Å²) in [6.45, 7) is 1.57. The Kier molecular flexibility index (Phi) is 3.86. The molecule has 2 N–H and O–H groups in total. The van der Waals surface area contributed by atoms with Gasteiger partial charge in [-0.05, 0) is 43.5 Å². The molecule has 0 unspecified atom stereocenters. The van der Waals surface area contributed by atoms with Gasteiger partial charge in [0.1, 0.15) is 5.82 Å². The molecule has 0 spiro atoms. The molecule has 6 nitrogen and oxygen atoms in total. The smallest absolute Gasteiger partial charge is 0.251 e. The molecule has 2 aromatic heterocycles. The number of nitrogens with zero attached hydrogens (tertiary/aromatic N) is 3. The largest absolute Gasteiger partial charge is 0.369 e. The summed E-state index contributed by atoms with van der Waals surface area (Å²) in [4.78, 5) is 16.7. The predicted octanol–water partition coefficient (Wildman–Crippen LogP) is 2.72. The molecule has 1 aliphatic rings. The monoisotopic (exact) mass is 321 g/mol. The number of imidazole rings is 1. The zero-order valence-corrected chi connectivity index (χ0v) is 13.3. The summed E-state index contributed by atoms with van der Waals surface area (Å²) in [6.07, 6.45) is 4.87. The highest BCUT2D eigenvalue weighted by Crippen LogP contribution is 2.22. The lowest BCUT2D eigenvalue weighted by molar-refractivity contribution is 0.0953. The Labute approximate surface area is 139 Å². The first-order valence-corrected chi connectivity index (χ1v) is 8.28. The topological polar surface area (TPSA) is 71.3 Å². The van der Waals surface area contributed by atoms with Gasteiger partial charge in [0.2, 0.25) is 0 Å². The molecule has 3 heterocycles. The van der Waals surface area contributed by atoms with Crippen LogP contribution in [0.25, 0.3) is 16.9 Å². The van der Waals surface area contributed by atoms with Crippen molar-refractivity contribution in [3.8, 4) is 11.3 Å². The van der Waals surface area contributed by atoms with Gasteiger partial charge in [0, 0.05) is 24.2 Å². The van der Waals surface area contributed by atoms with Gasteiger partial charge >= 0.3 is 0 Å². The molecule has 0 atom stereocenters. The molecule has 122 valence electrons. The molecule has 0 fully saturated rings. The molecule has 24 heavy (non-hydrogen) atoms. The first kappa shape index (κ1) is 14.7. The number of fused-ring (bicyclic) bond motifs is 4. The van der Waals surface area contributed by atoms with E-state index >= 15 is 0 Å². The third kappa shape index (κ3) is 2.82. The SMILES string of the molecule is O=C1NCCCCCNc2ccc3ncc(n3n2)-c2cccc1c2. The zero-order chi connectivity index (χ0) is 16.4. The average Bonchev–Trinajstić information content (AvgIpc) is 3.03. The lowest BCUT2D eigenvalue weighted by Gasteiger charge is -2.07. The Hall–Kier alpha value is -2.89. The molecular weight excluding hydrogens is 302 g/mol. The van der Waals surface area contributed by atoms with Gasteiger partial charge in [-0.3, -0.25) is 4.79 Å². The van der Waals surface area contributed by atoms with E-state index in [1.807, 2.05) is 40.9 Å². The van der Waals surface area contributed by atoms with Crippen LogP contribution in [0.2, 0.25) is 0 Å². The van der Waals surface area contributed by atoms with Gasteiger partial charge in [0.25, 0.3) is 5.91 Å². The summed E-state index contributed by atoms with van der Waals surface area (Å²) in [5, 5.41) is 11.0. The maximum atomic E-state index is 12.3. The van der Waals surface area contributed by atoms with Crippen LogP contribution in [-0.4, -0.2) is 33.6 Å². The van der Waals surface area contributed by atoms with E-state index in [4.69, 9.17) is 0 Å². The van der Waals surface area contributed by atoms with Crippen LogP contribution >= 0.6 is 0 Å². The fraction of sp³-hybridized carbons (Fsp3) is 0.278. The van der Waals surface area contributed by atoms with Gasteiger partial charge in [0.05, 0.1) is 11.9 Å². The van der Waals surface area contributed by atoms with E-state index in [1.54, 1.807) is 6.20 Å². The highest BCUT2D eigenvalue weighted by atomic mass is 16.1. The number of hydrogen-bond donors (Lipinski definition) is 2. The Bertz CT molecular complexity index is 886. The van der Waals surface area contributed by atoms with Crippen molar-refractivity contribution in [2.24, 2.45) is 0 Å². The number of amides is 1. The standard InChI is InChI=1S/C18H19N5O/c24-18-14-6-4-5-13(11-14)15-12-21-17-8-7-16(22-23(15)17)19-9-2-1-3-10-20-18/h4-8,11-12H,1-3,9-10H2,(H,19,22)(H,20,24). The van der Waals surface area contributed by atoms with E-state index in [2.05, 4.69) is 20.7 Å². The molecule has 1 aliphatic heterocycles. The van der Waals surface area contributed by atoms with Gasteiger partial charge in [0.15, 0.2) is 5.65 Å². The Morgan fingerprint density at radius 3 is 2.71 bits per heavy atom. The minimum atomic E-state index is -0.0349. The first-order valence-electron chi connectivity index (χ1n) is 8.28. The summed E-state index contributed by atoms with van der Waals surface area (Å²) in [6, 6.07) is 11.5. The Morgan fingerprint density at radius 1 is 0.958 bits per heavy atom. The molecular formula is C18H19N5O. The molecule has 0 saturated heterocycles. The van der Waals surface area contributed by atoms with Crippen LogP contribution in [-0.2, 0) is 0 Å². The van der Waals surface area contributed by atoms with Crippen molar-refractivity contribution in [1.29, 1.82) is 0 Å². The average molecular weight is 321 g/mol. The maximum Gasteiger partial charge on any atom is 0.251 e. The van der Waals surface area contributed by atoms with Crippen molar-refractivity contribution >= 4 is 17.4 Å². The number of carbonyl (C=O) groups is 1. The van der Waals surface area contributed by atoms with Crippen molar-refractivity contribution < 1.29 is 4.79 Å². The predicted molar refractivity (Wildman–Crippen MR) is 93.1 cm³/mol. The minimum Gasteiger partial charge on any atom is -0.369 e. The fourth-order valence-corrected chi connectivity index (χ4v) is 2.93. The van der Waals surface area contributed by atoms with E-state index in [0.717, 1.165) is 48.5 Å².